The molecule has 1 atom stereocenters. The molecule has 0 bridgehead atoms. The Bertz CT molecular complexity index is 1020. The van der Waals surface area contributed by atoms with Crippen molar-refractivity contribution in [1.82, 2.24) is 14.9 Å². The lowest BCUT2D eigenvalue weighted by atomic mass is 10.2. The molecule has 1 unspecified atom stereocenters. The molecule has 0 aliphatic carbocycles. The van der Waals surface area contributed by atoms with Crippen molar-refractivity contribution in [2.24, 2.45) is 0 Å². The average molecular weight is 376 g/mol. The van der Waals surface area contributed by atoms with Gasteiger partial charge in [0.15, 0.2) is 11.5 Å². The summed E-state index contributed by atoms with van der Waals surface area (Å²) in [4.78, 5) is 26.0. The van der Waals surface area contributed by atoms with Gasteiger partial charge in [-0.05, 0) is 24.3 Å². The zero-order valence-electron chi connectivity index (χ0n) is 15.3. The van der Waals surface area contributed by atoms with Gasteiger partial charge in [-0.1, -0.05) is 24.3 Å². The maximum atomic E-state index is 12.9. The van der Waals surface area contributed by atoms with Gasteiger partial charge < -0.3 is 19.3 Å². The molecular formula is C21H20N4O3. The Morgan fingerprint density at radius 2 is 1.64 bits per heavy atom. The largest absolute Gasteiger partial charge is 0.485 e. The summed E-state index contributed by atoms with van der Waals surface area (Å²) in [7, 11) is 0. The molecule has 1 amide bonds. The minimum atomic E-state index is -0.595. The second-order valence-electron chi connectivity index (χ2n) is 6.89. The monoisotopic (exact) mass is 376 g/mol. The summed E-state index contributed by atoms with van der Waals surface area (Å²) in [6.07, 6.45) is 1.20. The summed E-state index contributed by atoms with van der Waals surface area (Å²) in [6, 6.07) is 15.3. The molecule has 7 heteroatoms. The van der Waals surface area contributed by atoms with E-state index in [0.29, 0.717) is 37.7 Å². The Kier molecular flexibility index (Phi) is 4.20. The lowest BCUT2D eigenvalue weighted by molar-refractivity contribution is -0.141. The number of carbonyl (C=O) groups excluding carboxylic acids is 1. The van der Waals surface area contributed by atoms with Gasteiger partial charge in [0.05, 0.1) is 17.2 Å². The van der Waals surface area contributed by atoms with Gasteiger partial charge >= 0.3 is 0 Å². The number of piperazine rings is 1. The maximum absolute atomic E-state index is 12.9. The molecule has 0 N–H and O–H groups in total. The average Bonchev–Trinajstić information content (AvgIpc) is 2.78. The Morgan fingerprint density at radius 1 is 0.929 bits per heavy atom. The van der Waals surface area contributed by atoms with E-state index in [9.17, 15) is 4.79 Å². The number of para-hydroxylation sites is 4. The highest BCUT2D eigenvalue weighted by Gasteiger charge is 2.32. The van der Waals surface area contributed by atoms with Crippen LogP contribution in [-0.4, -0.2) is 59.7 Å². The van der Waals surface area contributed by atoms with Crippen molar-refractivity contribution in [2.75, 3.05) is 37.7 Å². The van der Waals surface area contributed by atoms with Gasteiger partial charge in [0.1, 0.15) is 12.4 Å². The molecule has 5 rings (SSSR count). The Balaban J connectivity index is 1.23. The topological polar surface area (TPSA) is 67.8 Å². The number of hydrogen-bond acceptors (Lipinski definition) is 6. The minimum absolute atomic E-state index is 0.0289. The van der Waals surface area contributed by atoms with Gasteiger partial charge in [-0.25, -0.2) is 4.98 Å². The minimum Gasteiger partial charge on any atom is -0.485 e. The molecule has 0 radical (unpaired) electrons. The third-order valence-corrected chi connectivity index (χ3v) is 5.14. The predicted octanol–water partition coefficient (Wildman–Crippen LogP) is 2.12. The van der Waals surface area contributed by atoms with Crippen LogP contribution >= 0.6 is 0 Å². The van der Waals surface area contributed by atoms with Crippen LogP contribution in [0.2, 0.25) is 0 Å². The first-order chi connectivity index (χ1) is 13.8. The maximum Gasteiger partial charge on any atom is 0.267 e. The Labute approximate surface area is 162 Å². The Morgan fingerprint density at radius 3 is 2.46 bits per heavy atom. The van der Waals surface area contributed by atoms with Crippen LogP contribution in [0.25, 0.3) is 11.0 Å². The van der Waals surface area contributed by atoms with Crippen molar-refractivity contribution in [2.45, 2.75) is 6.10 Å². The predicted molar refractivity (Wildman–Crippen MR) is 105 cm³/mol. The second kappa shape index (κ2) is 6.99. The molecule has 7 nitrogen and oxygen atoms in total. The SMILES string of the molecule is O=C(C1COc2ccccc2O1)N1CCN(c2cnc3ccccc3n2)CC1. The van der Waals surface area contributed by atoms with Crippen LogP contribution in [0.4, 0.5) is 5.82 Å². The number of ether oxygens (including phenoxy) is 2. The standard InChI is InChI=1S/C21H20N4O3/c26-21(19-14-27-17-7-3-4-8-18(17)28-19)25-11-9-24(10-12-25)20-13-22-15-5-1-2-6-16(15)23-20/h1-8,13,19H,9-12,14H2. The molecule has 142 valence electrons. The van der Waals surface area contributed by atoms with Gasteiger partial charge in [0.2, 0.25) is 6.10 Å². The van der Waals surface area contributed by atoms with Crippen molar-refractivity contribution in [3.8, 4) is 11.5 Å². The van der Waals surface area contributed by atoms with Gasteiger partial charge in [0.25, 0.3) is 5.91 Å². The molecule has 28 heavy (non-hydrogen) atoms. The normalized spacial score (nSPS) is 18.9. The van der Waals surface area contributed by atoms with Crippen LogP contribution in [0.5, 0.6) is 11.5 Å². The first kappa shape index (κ1) is 16.8. The molecular weight excluding hydrogens is 356 g/mol. The molecule has 1 fully saturated rings. The van der Waals surface area contributed by atoms with Crippen molar-refractivity contribution in [1.29, 1.82) is 0 Å². The number of fused-ring (bicyclic) bond motifs is 2. The summed E-state index contributed by atoms with van der Waals surface area (Å²) in [5.41, 5.74) is 1.76. The zero-order valence-corrected chi connectivity index (χ0v) is 15.3. The molecule has 0 spiro atoms. The van der Waals surface area contributed by atoms with E-state index in [-0.39, 0.29) is 12.5 Å². The van der Waals surface area contributed by atoms with E-state index >= 15 is 0 Å². The molecule has 2 aromatic carbocycles. The lowest BCUT2D eigenvalue weighted by Crippen LogP contribution is -2.54. The third kappa shape index (κ3) is 3.09. The van der Waals surface area contributed by atoms with E-state index < -0.39 is 6.10 Å². The summed E-state index contributed by atoms with van der Waals surface area (Å²) >= 11 is 0. The number of amides is 1. The highest BCUT2D eigenvalue weighted by Crippen LogP contribution is 2.31. The highest BCUT2D eigenvalue weighted by atomic mass is 16.6. The van der Waals surface area contributed by atoms with Crippen LogP contribution in [-0.2, 0) is 4.79 Å². The third-order valence-electron chi connectivity index (χ3n) is 5.14. The van der Waals surface area contributed by atoms with Crippen molar-refractivity contribution in [3.63, 3.8) is 0 Å². The van der Waals surface area contributed by atoms with Crippen molar-refractivity contribution in [3.05, 3.63) is 54.7 Å². The highest BCUT2D eigenvalue weighted by molar-refractivity contribution is 5.82. The number of rotatable bonds is 2. The van der Waals surface area contributed by atoms with E-state index in [1.54, 1.807) is 6.20 Å². The molecule has 0 saturated carbocycles. The van der Waals surface area contributed by atoms with Gasteiger partial charge in [-0.15, -0.1) is 0 Å². The fraction of sp³-hybridized carbons (Fsp3) is 0.286. The molecule has 1 saturated heterocycles. The quantitative estimate of drug-likeness (QED) is 0.683. The Hall–Kier alpha value is -3.35. The summed E-state index contributed by atoms with van der Waals surface area (Å²) in [5.74, 6) is 2.12. The lowest BCUT2D eigenvalue weighted by Gasteiger charge is -2.37. The van der Waals surface area contributed by atoms with Gasteiger partial charge in [0, 0.05) is 26.2 Å². The first-order valence-corrected chi connectivity index (χ1v) is 9.42. The number of benzene rings is 2. The van der Waals surface area contributed by atoms with Crippen molar-refractivity contribution >= 4 is 22.8 Å². The van der Waals surface area contributed by atoms with E-state index in [0.717, 1.165) is 16.9 Å². The van der Waals surface area contributed by atoms with Gasteiger partial charge in [-0.2, -0.15) is 0 Å². The van der Waals surface area contributed by atoms with Crippen molar-refractivity contribution < 1.29 is 14.3 Å². The molecule has 3 heterocycles. The first-order valence-electron chi connectivity index (χ1n) is 9.42. The van der Waals surface area contributed by atoms with E-state index in [1.807, 2.05) is 53.4 Å². The second-order valence-corrected chi connectivity index (χ2v) is 6.89. The molecule has 3 aromatic rings. The number of nitrogens with zero attached hydrogens (tertiary/aromatic N) is 4. The summed E-state index contributed by atoms with van der Waals surface area (Å²) in [5, 5.41) is 0. The summed E-state index contributed by atoms with van der Waals surface area (Å²) < 4.78 is 11.5. The molecule has 1 aromatic heterocycles. The van der Waals surface area contributed by atoms with Crippen LogP contribution in [0, 0.1) is 0 Å². The van der Waals surface area contributed by atoms with E-state index in [4.69, 9.17) is 14.5 Å². The number of hydrogen-bond donors (Lipinski definition) is 0. The van der Waals surface area contributed by atoms with Crippen LogP contribution < -0.4 is 14.4 Å². The van der Waals surface area contributed by atoms with Crippen LogP contribution in [0.15, 0.2) is 54.7 Å². The fourth-order valence-electron chi connectivity index (χ4n) is 3.60. The summed E-state index contributed by atoms with van der Waals surface area (Å²) in [6.45, 7) is 2.90. The molecule has 2 aliphatic rings. The van der Waals surface area contributed by atoms with E-state index in [1.165, 1.54) is 0 Å². The fourth-order valence-corrected chi connectivity index (χ4v) is 3.60. The molecule has 2 aliphatic heterocycles. The van der Waals surface area contributed by atoms with E-state index in [2.05, 4.69) is 9.88 Å². The number of carbonyl (C=O) groups is 1. The number of anilines is 1. The zero-order chi connectivity index (χ0) is 18.9. The van der Waals surface area contributed by atoms with Gasteiger partial charge in [-0.3, -0.25) is 9.78 Å². The van der Waals surface area contributed by atoms with Crippen LogP contribution in [0.3, 0.4) is 0 Å². The van der Waals surface area contributed by atoms with Crippen LogP contribution in [0.1, 0.15) is 0 Å². The smallest absolute Gasteiger partial charge is 0.267 e. The number of aromatic nitrogens is 2.